The maximum absolute atomic E-state index is 15.4. The number of rotatable bonds is 15. The van der Waals surface area contributed by atoms with Crippen molar-refractivity contribution in [3.05, 3.63) is 69.7 Å². The minimum atomic E-state index is -4.24. The highest BCUT2D eigenvalue weighted by atomic mass is 35.5. The van der Waals surface area contributed by atoms with Crippen molar-refractivity contribution in [3.8, 4) is 0 Å². The Balaban J connectivity index is 1.76. The molecule has 0 spiro atoms. The highest BCUT2D eigenvalue weighted by Crippen LogP contribution is 2.32. The van der Waals surface area contributed by atoms with Crippen LogP contribution in [0, 0.1) is 17.8 Å². The Labute approximate surface area is 257 Å². The molecule has 5 N–H and O–H groups in total. The van der Waals surface area contributed by atoms with Gasteiger partial charge in [0.25, 0.3) is 5.91 Å². The van der Waals surface area contributed by atoms with Gasteiger partial charge in [-0.05, 0) is 60.4 Å². The number of hydrogen-bond acceptors (Lipinski definition) is 6. The summed E-state index contributed by atoms with van der Waals surface area (Å²) in [6.07, 6.45) is 1.37. The Morgan fingerprint density at radius 2 is 1.64 bits per heavy atom. The lowest BCUT2D eigenvalue weighted by atomic mass is 9.72. The molecule has 0 saturated carbocycles. The fourth-order valence-corrected chi connectivity index (χ4v) is 6.11. The van der Waals surface area contributed by atoms with Gasteiger partial charge in [0.15, 0.2) is 0 Å². The van der Waals surface area contributed by atoms with Crippen LogP contribution >= 0.6 is 23.2 Å². The van der Waals surface area contributed by atoms with E-state index in [1.165, 1.54) is 0 Å². The van der Waals surface area contributed by atoms with Gasteiger partial charge in [-0.2, -0.15) is 8.78 Å². The average Bonchev–Trinajstić information content (AvgIpc) is 2.95. The van der Waals surface area contributed by atoms with E-state index in [4.69, 9.17) is 39.4 Å². The monoisotopic (exact) mass is 626 g/mol. The van der Waals surface area contributed by atoms with Gasteiger partial charge in [-0.15, -0.1) is 0 Å². The highest BCUT2D eigenvalue weighted by molar-refractivity contribution is 6.34. The van der Waals surface area contributed by atoms with E-state index in [1.807, 2.05) is 35.2 Å². The van der Waals surface area contributed by atoms with Crippen LogP contribution in [0.25, 0.3) is 0 Å². The standard InChI is InChI=1S/C31H42Cl2F2N4O3/c1-20(2)27(29(40)31(34,35)30(41)38-10-11-39-12-14-42-15-13-39)28(37)25(18-21-6-4-3-5-7-21)26(36)9-8-22-16-23(32)19-24(33)17-22/h3-7,16-17,19-20,25-28H,8-15,18,36-37H2,1-2H3,(H,38,41)/t25-,26?,27-,28?/m0/s1. The Morgan fingerprint density at radius 3 is 2.24 bits per heavy atom. The molecule has 1 saturated heterocycles. The molecule has 1 amide bonds. The Bertz CT molecular complexity index is 1150. The number of nitrogens with two attached hydrogens (primary N) is 2. The van der Waals surface area contributed by atoms with E-state index in [1.54, 1.807) is 32.0 Å². The normalized spacial score (nSPS) is 17.5. The van der Waals surface area contributed by atoms with Gasteiger partial charge in [0.1, 0.15) is 0 Å². The minimum absolute atomic E-state index is 0.00483. The SMILES string of the molecule is CC(C)[C@H](C(=O)C(F)(F)C(=O)NCCN1CCOCC1)C(N)[C@@H](Cc1ccccc1)C(N)CCc1cc(Cl)cc(Cl)c1. The number of benzene rings is 2. The topological polar surface area (TPSA) is 111 Å². The number of ether oxygens (including phenoxy) is 1. The minimum Gasteiger partial charge on any atom is -0.379 e. The number of amides is 1. The molecule has 4 atom stereocenters. The second-order valence-electron chi connectivity index (χ2n) is 11.3. The molecule has 2 aromatic carbocycles. The fourth-order valence-electron chi connectivity index (χ4n) is 5.53. The van der Waals surface area contributed by atoms with E-state index in [9.17, 15) is 9.59 Å². The number of carbonyl (C=O) groups is 2. The lowest BCUT2D eigenvalue weighted by Crippen LogP contribution is -2.57. The van der Waals surface area contributed by atoms with Crippen molar-refractivity contribution in [3.63, 3.8) is 0 Å². The zero-order valence-electron chi connectivity index (χ0n) is 24.2. The fraction of sp³-hybridized carbons (Fsp3) is 0.548. The summed E-state index contributed by atoms with van der Waals surface area (Å²) in [4.78, 5) is 28.0. The third-order valence-electron chi connectivity index (χ3n) is 7.89. The van der Waals surface area contributed by atoms with Crippen molar-refractivity contribution in [2.24, 2.45) is 29.2 Å². The summed E-state index contributed by atoms with van der Waals surface area (Å²) >= 11 is 12.3. The van der Waals surface area contributed by atoms with Crippen molar-refractivity contribution in [1.82, 2.24) is 10.2 Å². The van der Waals surface area contributed by atoms with E-state index in [-0.39, 0.29) is 6.54 Å². The number of hydrogen-bond donors (Lipinski definition) is 3. The van der Waals surface area contributed by atoms with E-state index in [0.717, 1.165) is 11.1 Å². The maximum Gasteiger partial charge on any atom is 0.381 e. The number of nitrogens with zero attached hydrogens (tertiary/aromatic N) is 1. The van der Waals surface area contributed by atoms with Crippen molar-refractivity contribution in [1.29, 1.82) is 0 Å². The first-order chi connectivity index (χ1) is 19.9. The Hall–Kier alpha value is -2.14. The summed E-state index contributed by atoms with van der Waals surface area (Å²) in [5.74, 6) is -9.72. The summed E-state index contributed by atoms with van der Waals surface area (Å²) in [6.45, 7) is 6.12. The quantitative estimate of drug-likeness (QED) is 0.253. The second kappa shape index (κ2) is 16.1. The summed E-state index contributed by atoms with van der Waals surface area (Å²) in [5.41, 5.74) is 15.2. The van der Waals surface area contributed by atoms with E-state index < -0.39 is 47.5 Å². The van der Waals surface area contributed by atoms with Crippen LogP contribution in [0.15, 0.2) is 48.5 Å². The molecule has 2 aromatic rings. The molecule has 42 heavy (non-hydrogen) atoms. The summed E-state index contributed by atoms with van der Waals surface area (Å²) < 4.78 is 36.0. The molecule has 7 nitrogen and oxygen atoms in total. The van der Waals surface area contributed by atoms with Gasteiger partial charge >= 0.3 is 5.92 Å². The highest BCUT2D eigenvalue weighted by Gasteiger charge is 2.53. The van der Waals surface area contributed by atoms with Crippen molar-refractivity contribution >= 4 is 34.9 Å². The third kappa shape index (κ3) is 9.69. The first-order valence-electron chi connectivity index (χ1n) is 14.4. The molecule has 0 radical (unpaired) electrons. The number of aryl methyl sites for hydroxylation is 1. The van der Waals surface area contributed by atoms with E-state index in [2.05, 4.69) is 5.32 Å². The van der Waals surface area contributed by atoms with Crippen LogP contribution in [0.2, 0.25) is 10.0 Å². The number of alkyl halides is 2. The molecule has 1 aliphatic rings. The number of halogens is 4. The number of nitrogens with one attached hydrogen (secondary N) is 1. The van der Waals surface area contributed by atoms with Gasteiger partial charge in [0.2, 0.25) is 5.78 Å². The van der Waals surface area contributed by atoms with Crippen LogP contribution in [-0.4, -0.2) is 74.0 Å². The Morgan fingerprint density at radius 1 is 1.02 bits per heavy atom. The van der Waals surface area contributed by atoms with Crippen LogP contribution in [0.5, 0.6) is 0 Å². The number of ketones is 1. The first-order valence-corrected chi connectivity index (χ1v) is 15.2. The maximum atomic E-state index is 15.4. The van der Waals surface area contributed by atoms with Gasteiger partial charge in [-0.3, -0.25) is 14.5 Å². The van der Waals surface area contributed by atoms with Crippen molar-refractivity contribution < 1.29 is 23.1 Å². The van der Waals surface area contributed by atoms with Gasteiger partial charge in [0.05, 0.1) is 13.2 Å². The average molecular weight is 628 g/mol. The van der Waals surface area contributed by atoms with Crippen LogP contribution in [0.1, 0.15) is 31.4 Å². The zero-order chi connectivity index (χ0) is 30.9. The summed E-state index contributed by atoms with van der Waals surface area (Å²) in [6, 6.07) is 13.1. The lowest BCUT2D eigenvalue weighted by molar-refractivity contribution is -0.162. The van der Waals surface area contributed by atoms with Gasteiger partial charge in [-0.25, -0.2) is 0 Å². The van der Waals surface area contributed by atoms with Crippen molar-refractivity contribution in [2.45, 2.75) is 51.1 Å². The molecule has 2 unspecified atom stereocenters. The molecule has 3 rings (SSSR count). The smallest absolute Gasteiger partial charge is 0.379 e. The van der Waals surface area contributed by atoms with E-state index >= 15 is 8.78 Å². The predicted molar refractivity (Wildman–Crippen MR) is 163 cm³/mol. The molecule has 0 aromatic heterocycles. The second-order valence-corrected chi connectivity index (χ2v) is 12.2. The molecule has 11 heteroatoms. The van der Waals surface area contributed by atoms with Crippen LogP contribution < -0.4 is 16.8 Å². The molecular weight excluding hydrogens is 585 g/mol. The van der Waals surface area contributed by atoms with Gasteiger partial charge in [0, 0.05) is 54.2 Å². The number of morpholine rings is 1. The molecule has 1 fully saturated rings. The lowest BCUT2D eigenvalue weighted by Gasteiger charge is -2.37. The van der Waals surface area contributed by atoms with Crippen molar-refractivity contribution in [2.75, 3.05) is 39.4 Å². The number of Topliss-reactive ketones (excluding diaryl/α,β-unsaturated/α-hetero) is 1. The third-order valence-corrected chi connectivity index (χ3v) is 8.33. The molecule has 1 aliphatic heterocycles. The summed E-state index contributed by atoms with van der Waals surface area (Å²) in [5, 5.41) is 3.24. The van der Waals surface area contributed by atoms with Gasteiger partial charge in [-0.1, -0.05) is 67.4 Å². The predicted octanol–water partition coefficient (Wildman–Crippen LogP) is 4.36. The first kappa shape index (κ1) is 34.4. The summed E-state index contributed by atoms with van der Waals surface area (Å²) in [7, 11) is 0. The molecule has 0 bridgehead atoms. The number of carbonyl (C=O) groups excluding carboxylic acids is 2. The zero-order valence-corrected chi connectivity index (χ0v) is 25.7. The molecule has 0 aliphatic carbocycles. The molecule has 232 valence electrons. The van der Waals surface area contributed by atoms with Gasteiger partial charge < -0.3 is 21.5 Å². The van der Waals surface area contributed by atoms with Crippen LogP contribution in [0.4, 0.5) is 8.78 Å². The van der Waals surface area contributed by atoms with Crippen LogP contribution in [0.3, 0.4) is 0 Å². The van der Waals surface area contributed by atoms with Crippen LogP contribution in [-0.2, 0) is 27.2 Å². The largest absolute Gasteiger partial charge is 0.381 e. The molecule has 1 heterocycles. The molecular formula is C31H42Cl2F2N4O3. The van der Waals surface area contributed by atoms with E-state index in [0.29, 0.717) is 62.2 Å². The Kier molecular flexibility index (Phi) is 13.1.